The number of nitrogens with two attached hydrogens (primary N) is 1. The number of hydrogen-bond donors (Lipinski definition) is 8. The zero-order valence-electron chi connectivity index (χ0n) is 37.3. The van der Waals surface area contributed by atoms with Crippen molar-refractivity contribution in [2.24, 2.45) is 11.7 Å². The fourth-order valence-electron chi connectivity index (χ4n) is 8.60. The highest BCUT2D eigenvalue weighted by atomic mass is 16.7. The van der Waals surface area contributed by atoms with Crippen LogP contribution >= 0.6 is 0 Å². The summed E-state index contributed by atoms with van der Waals surface area (Å²) in [5.41, 5.74) is 3.91. The fourth-order valence-corrected chi connectivity index (χ4v) is 8.60. The van der Waals surface area contributed by atoms with Crippen LogP contribution in [0, 0.1) is 5.92 Å². The van der Waals surface area contributed by atoms with E-state index in [1.165, 1.54) is 24.8 Å². The highest BCUT2D eigenvalue weighted by molar-refractivity contribution is 5.88. The topological polar surface area (TPSA) is 340 Å². The number of carbonyl (C=O) groups excluding carboxylic acids is 3. The number of aliphatic carboxylic acids is 2. The number of rotatable bonds is 25. The molecule has 14 atom stereocenters. The number of unbranched alkanes of at least 4 members (excludes halogenated alkanes) is 8. The van der Waals surface area contributed by atoms with Crippen molar-refractivity contribution in [3.8, 4) is 0 Å². The molecule has 0 unspecified atom stereocenters. The molecule has 0 spiro atoms. The Morgan fingerprint density at radius 2 is 1.51 bits per heavy atom. The van der Waals surface area contributed by atoms with Crippen LogP contribution in [0.15, 0.2) is 21.9 Å². The van der Waals surface area contributed by atoms with Crippen molar-refractivity contribution in [1.29, 1.82) is 0 Å². The van der Waals surface area contributed by atoms with Gasteiger partial charge in [-0.05, 0) is 25.8 Å². The maximum absolute atomic E-state index is 14.5. The van der Waals surface area contributed by atoms with Crippen LogP contribution in [0.4, 0.5) is 0 Å². The molecule has 65 heavy (non-hydrogen) atoms. The van der Waals surface area contributed by atoms with Gasteiger partial charge in [-0.25, -0.2) is 9.59 Å². The SMILES string of the molecule is CCCCCCCCCCC[C@@H](CC(=O)O[C@H]1CN(C)[C@H]([C@H](O[C@@H]2O[C@H](CN)[C@@H](O)[C@H]2O)[C@H]2O[C@@H](n3ccc(=O)[nH]c3=O)[C@H](O)[C@@H]2O)C(=O)N(C)[C@@H]1C(=O)O)OC(=O)C[C@H](C)CC(=O)O. The Bertz CT molecular complexity index is 1860. The van der Waals surface area contributed by atoms with E-state index in [0.717, 1.165) is 67.3 Å². The molecule has 1 aromatic heterocycles. The zero-order chi connectivity index (χ0) is 48.1. The number of carboxylic acids is 2. The van der Waals surface area contributed by atoms with Crippen molar-refractivity contribution >= 4 is 29.8 Å². The van der Waals surface area contributed by atoms with E-state index in [4.69, 9.17) is 34.5 Å². The van der Waals surface area contributed by atoms with Crippen LogP contribution in [0.2, 0.25) is 0 Å². The summed E-state index contributed by atoms with van der Waals surface area (Å²) >= 11 is 0. The summed E-state index contributed by atoms with van der Waals surface area (Å²) in [5.74, 6) is -5.91. The molecule has 3 saturated heterocycles. The van der Waals surface area contributed by atoms with Gasteiger partial charge in [0.05, 0.1) is 6.42 Å². The number of ether oxygens (including phenoxy) is 5. The van der Waals surface area contributed by atoms with Gasteiger partial charge in [-0.15, -0.1) is 0 Å². The van der Waals surface area contributed by atoms with Crippen LogP contribution in [0.1, 0.15) is 104 Å². The van der Waals surface area contributed by atoms with E-state index in [2.05, 4.69) is 6.92 Å². The molecule has 3 aliphatic rings. The molecular weight excluding hydrogens is 862 g/mol. The minimum Gasteiger partial charge on any atom is -0.481 e. The Balaban J connectivity index is 1.59. The summed E-state index contributed by atoms with van der Waals surface area (Å²) in [7, 11) is 2.46. The lowest BCUT2D eigenvalue weighted by Gasteiger charge is -2.38. The van der Waals surface area contributed by atoms with Crippen LogP contribution in [0.25, 0.3) is 0 Å². The lowest BCUT2D eigenvalue weighted by molar-refractivity contribution is -0.233. The molecule has 4 rings (SSSR count). The smallest absolute Gasteiger partial charge is 0.330 e. The Labute approximate surface area is 375 Å². The Kier molecular flexibility index (Phi) is 20.5. The van der Waals surface area contributed by atoms with Crippen molar-refractivity contribution < 1.29 is 78.3 Å². The predicted octanol–water partition coefficient (Wildman–Crippen LogP) is -1.19. The Morgan fingerprint density at radius 3 is 2.09 bits per heavy atom. The molecule has 23 nitrogen and oxygen atoms in total. The monoisotopic (exact) mass is 929 g/mol. The number of nitrogens with one attached hydrogen (secondary N) is 1. The summed E-state index contributed by atoms with van der Waals surface area (Å²) in [5, 5.41) is 63.7. The lowest BCUT2D eigenvalue weighted by Crippen LogP contribution is -2.59. The van der Waals surface area contributed by atoms with Gasteiger partial charge in [-0.1, -0.05) is 65.2 Å². The maximum Gasteiger partial charge on any atom is 0.330 e. The lowest BCUT2D eigenvalue weighted by atomic mass is 9.97. The first-order chi connectivity index (χ1) is 30.8. The molecule has 368 valence electrons. The number of hydrogen-bond acceptors (Lipinski definition) is 18. The van der Waals surface area contributed by atoms with E-state index in [-0.39, 0.29) is 25.8 Å². The van der Waals surface area contributed by atoms with E-state index in [1.807, 2.05) is 4.98 Å². The molecule has 1 amide bonds. The number of likely N-dealkylation sites (N-methyl/N-ethyl adjacent to an activating group) is 2. The quantitative estimate of drug-likeness (QED) is 0.0422. The van der Waals surface area contributed by atoms with Gasteiger partial charge < -0.3 is 65.0 Å². The van der Waals surface area contributed by atoms with E-state index in [9.17, 15) is 59.1 Å². The van der Waals surface area contributed by atoms with Gasteiger partial charge in [0, 0.05) is 45.2 Å². The van der Waals surface area contributed by atoms with Gasteiger partial charge in [0.15, 0.2) is 18.6 Å². The summed E-state index contributed by atoms with van der Waals surface area (Å²) in [6.45, 7) is 2.95. The van der Waals surface area contributed by atoms with Crippen molar-refractivity contribution in [2.45, 2.75) is 177 Å². The molecular formula is C42H67N5O18. The number of esters is 2. The van der Waals surface area contributed by atoms with E-state index in [1.54, 1.807) is 6.92 Å². The molecule has 9 N–H and O–H groups in total. The third-order valence-electron chi connectivity index (χ3n) is 12.1. The van der Waals surface area contributed by atoms with Crippen LogP contribution in [-0.2, 0) is 47.7 Å². The van der Waals surface area contributed by atoms with Gasteiger partial charge in [0.1, 0.15) is 61.0 Å². The number of carbonyl (C=O) groups is 5. The molecule has 0 saturated carbocycles. The molecule has 3 aliphatic heterocycles. The molecule has 1 aromatic rings. The number of aromatic amines is 1. The highest BCUT2D eigenvalue weighted by Crippen LogP contribution is 2.36. The second kappa shape index (κ2) is 25.0. The van der Waals surface area contributed by atoms with Gasteiger partial charge in [-0.3, -0.25) is 38.4 Å². The van der Waals surface area contributed by atoms with E-state index in [0.29, 0.717) is 6.42 Å². The van der Waals surface area contributed by atoms with Crippen LogP contribution < -0.4 is 17.0 Å². The third-order valence-corrected chi connectivity index (χ3v) is 12.1. The van der Waals surface area contributed by atoms with Gasteiger partial charge in [0.25, 0.3) is 5.56 Å². The minimum absolute atomic E-state index is 0.227. The second-order valence-corrected chi connectivity index (χ2v) is 17.3. The normalized spacial score (nSPS) is 29.8. The maximum atomic E-state index is 14.5. The van der Waals surface area contributed by atoms with Gasteiger partial charge in [0.2, 0.25) is 5.91 Å². The number of aliphatic hydroxyl groups excluding tert-OH is 4. The van der Waals surface area contributed by atoms with Gasteiger partial charge >= 0.3 is 29.6 Å². The third kappa shape index (κ3) is 14.3. The molecule has 0 aromatic carbocycles. The average molecular weight is 930 g/mol. The minimum atomic E-state index is -1.95. The standard InChI is InChI=1S/C42H67N5O18/c1-5-6-7-8-9-10-11-12-13-14-23(61-28(51)18-22(2)17-27(49)50)19-29(52)62-25-21-45(3)31(38(57)46(4)30(25)40(58)59)36(65-41-35(56)32(53)24(20-43)63-41)37-33(54)34(55)39(64-37)47-16-15-26(48)44-42(47)60/h15-16,22-25,30-37,39,41,53-56H,5-14,17-21,43H2,1-4H3,(H,49,50)(H,58,59)(H,44,48,60)/t22-,23+,24-,25+,30+,31-,32-,33+,34-,35-,36+,37+,39-,41+/m1/s1. The molecule has 0 aliphatic carbocycles. The summed E-state index contributed by atoms with van der Waals surface area (Å²) in [6, 6.07) is -2.56. The highest BCUT2D eigenvalue weighted by Gasteiger charge is 2.57. The van der Waals surface area contributed by atoms with E-state index < -0.39 is 139 Å². The number of aliphatic hydroxyl groups is 4. The largest absolute Gasteiger partial charge is 0.481 e. The fraction of sp³-hybridized carbons (Fsp3) is 0.786. The molecule has 23 heteroatoms. The molecule has 3 fully saturated rings. The average Bonchev–Trinajstić information content (AvgIpc) is 3.64. The van der Waals surface area contributed by atoms with E-state index >= 15 is 0 Å². The second-order valence-electron chi connectivity index (χ2n) is 17.3. The summed E-state index contributed by atoms with van der Waals surface area (Å²) in [6.07, 6.45) is -8.65. The number of nitrogens with zero attached hydrogens (tertiary/aromatic N) is 3. The number of H-pyrrole nitrogens is 1. The van der Waals surface area contributed by atoms with Crippen LogP contribution in [0.5, 0.6) is 0 Å². The zero-order valence-corrected chi connectivity index (χ0v) is 37.3. The summed E-state index contributed by atoms with van der Waals surface area (Å²) < 4.78 is 30.0. The number of carboxylic acid groups (broad SMARTS) is 2. The molecule has 0 bridgehead atoms. The van der Waals surface area contributed by atoms with Crippen molar-refractivity contribution in [2.75, 3.05) is 27.2 Å². The first kappa shape index (κ1) is 53.3. The summed E-state index contributed by atoms with van der Waals surface area (Å²) in [4.78, 5) is 93.9. The molecule has 0 radical (unpaired) electrons. The van der Waals surface area contributed by atoms with Crippen LogP contribution in [-0.4, -0.2) is 180 Å². The van der Waals surface area contributed by atoms with Crippen LogP contribution in [0.3, 0.4) is 0 Å². The first-order valence-electron chi connectivity index (χ1n) is 22.3. The Hall–Kier alpha value is -4.33. The van der Waals surface area contributed by atoms with Crippen molar-refractivity contribution in [1.82, 2.24) is 19.4 Å². The molecule has 4 heterocycles. The number of aromatic nitrogens is 2. The number of amides is 1. The van der Waals surface area contributed by atoms with Crippen molar-refractivity contribution in [3.05, 3.63) is 33.1 Å². The van der Waals surface area contributed by atoms with Gasteiger partial charge in [-0.2, -0.15) is 0 Å². The first-order valence-corrected chi connectivity index (χ1v) is 22.3. The Morgan fingerprint density at radius 1 is 0.862 bits per heavy atom. The predicted molar refractivity (Wildman–Crippen MR) is 225 cm³/mol. The van der Waals surface area contributed by atoms with Crippen molar-refractivity contribution in [3.63, 3.8) is 0 Å².